The van der Waals surface area contributed by atoms with E-state index in [0.29, 0.717) is 0 Å². The molecule has 3 aromatic carbocycles. The topological polar surface area (TPSA) is 45.1 Å². The van der Waals surface area contributed by atoms with E-state index in [4.69, 9.17) is 17.2 Å². The highest BCUT2D eigenvalue weighted by Gasteiger charge is 2.40. The Morgan fingerprint density at radius 3 is 2.49 bits per heavy atom. The van der Waals surface area contributed by atoms with Gasteiger partial charge in [-0.05, 0) is 77.9 Å². The van der Waals surface area contributed by atoms with Gasteiger partial charge in [-0.2, -0.15) is 0 Å². The second-order valence-corrected chi connectivity index (χ2v) is 9.69. The lowest BCUT2D eigenvalue weighted by atomic mass is 10.0. The molecule has 5 nitrogen and oxygen atoms in total. The maximum atomic E-state index is 5.89. The van der Waals surface area contributed by atoms with Gasteiger partial charge in [0.1, 0.15) is 0 Å². The van der Waals surface area contributed by atoms with E-state index < -0.39 is 0 Å². The third kappa shape index (κ3) is 4.80. The summed E-state index contributed by atoms with van der Waals surface area (Å²) in [6.07, 6.45) is 4.95. The van der Waals surface area contributed by atoms with Crippen LogP contribution in [0.3, 0.4) is 0 Å². The number of nitrogens with one attached hydrogen (secondary N) is 2. The molecule has 6 heteroatoms. The highest BCUT2D eigenvalue weighted by Crippen LogP contribution is 2.39. The monoisotopic (exact) mass is 503 g/mol. The highest BCUT2D eigenvalue weighted by molar-refractivity contribution is 7.80. The molecule has 0 bridgehead atoms. The Hall–Kier alpha value is -4.16. The summed E-state index contributed by atoms with van der Waals surface area (Å²) in [6, 6.07) is 35.8. The van der Waals surface area contributed by atoms with Crippen LogP contribution in [0.25, 0.3) is 16.5 Å². The summed E-state index contributed by atoms with van der Waals surface area (Å²) in [7, 11) is 0. The number of para-hydroxylation sites is 1. The molecule has 0 amide bonds. The SMILES string of the molecule is S=C1N[C@H](c2ccccn2)[C@H](c2cccn2-c2ccc3ccccc3c2)N1CCCNc1ccccc1. The third-order valence-corrected chi connectivity index (χ3v) is 7.32. The average Bonchev–Trinajstić information content (AvgIpc) is 3.56. The lowest BCUT2D eigenvalue weighted by molar-refractivity contribution is 0.307. The molecule has 1 aliphatic heterocycles. The van der Waals surface area contributed by atoms with Gasteiger partial charge in [0.05, 0.1) is 17.8 Å². The Balaban J connectivity index is 1.31. The molecule has 0 radical (unpaired) electrons. The number of fused-ring (bicyclic) bond motifs is 1. The zero-order valence-electron chi connectivity index (χ0n) is 20.5. The van der Waals surface area contributed by atoms with Crippen LogP contribution in [0.2, 0.25) is 0 Å². The van der Waals surface area contributed by atoms with Crippen LogP contribution in [0.15, 0.2) is 116 Å². The molecule has 0 unspecified atom stereocenters. The molecule has 184 valence electrons. The Labute approximate surface area is 222 Å². The maximum Gasteiger partial charge on any atom is 0.170 e. The van der Waals surface area contributed by atoms with Crippen molar-refractivity contribution in [3.8, 4) is 5.69 Å². The molecule has 5 aromatic rings. The lowest BCUT2D eigenvalue weighted by Crippen LogP contribution is -2.32. The van der Waals surface area contributed by atoms with Crippen molar-refractivity contribution in [1.29, 1.82) is 0 Å². The van der Waals surface area contributed by atoms with E-state index in [1.165, 1.54) is 16.5 Å². The average molecular weight is 504 g/mol. The van der Waals surface area contributed by atoms with Gasteiger partial charge in [0.2, 0.25) is 0 Å². The Morgan fingerprint density at radius 2 is 1.65 bits per heavy atom. The van der Waals surface area contributed by atoms with Crippen molar-refractivity contribution in [3.63, 3.8) is 0 Å². The fourth-order valence-corrected chi connectivity index (χ4v) is 5.53. The summed E-state index contributed by atoms with van der Waals surface area (Å²) >= 11 is 5.89. The van der Waals surface area contributed by atoms with Crippen molar-refractivity contribution in [2.45, 2.75) is 18.5 Å². The van der Waals surface area contributed by atoms with Crippen molar-refractivity contribution >= 4 is 33.8 Å². The smallest absolute Gasteiger partial charge is 0.170 e. The third-order valence-electron chi connectivity index (χ3n) is 6.97. The molecule has 1 saturated heterocycles. The molecule has 1 fully saturated rings. The summed E-state index contributed by atoms with van der Waals surface area (Å²) in [4.78, 5) is 7.03. The number of rotatable bonds is 8. The Morgan fingerprint density at radius 1 is 0.838 bits per heavy atom. The summed E-state index contributed by atoms with van der Waals surface area (Å²) in [5, 5.41) is 10.3. The summed E-state index contributed by atoms with van der Waals surface area (Å²) in [5.74, 6) is 0. The van der Waals surface area contributed by atoms with Crippen LogP contribution >= 0.6 is 12.2 Å². The normalized spacial score (nSPS) is 17.2. The van der Waals surface area contributed by atoms with Crippen molar-refractivity contribution in [2.24, 2.45) is 0 Å². The van der Waals surface area contributed by atoms with E-state index in [9.17, 15) is 0 Å². The number of nitrogens with zero attached hydrogens (tertiary/aromatic N) is 3. The first-order valence-electron chi connectivity index (χ1n) is 12.7. The summed E-state index contributed by atoms with van der Waals surface area (Å²) in [5.41, 5.74) is 4.46. The largest absolute Gasteiger partial charge is 0.385 e. The van der Waals surface area contributed by atoms with Gasteiger partial charge in [0.15, 0.2) is 5.11 Å². The fraction of sp³-hybridized carbons (Fsp3) is 0.161. The number of hydrogen-bond donors (Lipinski definition) is 2. The first-order valence-corrected chi connectivity index (χ1v) is 13.1. The number of thiocarbonyl (C=S) groups is 1. The highest BCUT2D eigenvalue weighted by atomic mass is 32.1. The Kier molecular flexibility index (Phi) is 6.57. The van der Waals surface area contributed by atoms with Gasteiger partial charge < -0.3 is 20.1 Å². The zero-order valence-corrected chi connectivity index (χ0v) is 21.3. The first-order chi connectivity index (χ1) is 18.3. The van der Waals surface area contributed by atoms with E-state index in [-0.39, 0.29) is 12.1 Å². The van der Waals surface area contributed by atoms with Gasteiger partial charge >= 0.3 is 0 Å². The van der Waals surface area contributed by atoms with Gasteiger partial charge in [-0.3, -0.25) is 4.98 Å². The Bertz CT molecular complexity index is 1500. The minimum Gasteiger partial charge on any atom is -0.385 e. The molecule has 0 aliphatic carbocycles. The standard InChI is InChI=1S/C31H29N5S/c37-31-34-29(27-14-6-7-18-33-27)30(36(31)21-9-19-32-25-12-2-1-3-13-25)28-15-8-20-35(28)26-17-16-23-10-4-5-11-24(23)22-26/h1-8,10-18,20,22,29-30,32H,9,19,21H2,(H,34,37)/t29-,30+/m1/s1. The molecule has 3 heterocycles. The molecule has 1 aliphatic rings. The van der Waals surface area contributed by atoms with Crippen molar-refractivity contribution < 1.29 is 0 Å². The minimum absolute atomic E-state index is 0.0144. The molecular formula is C31H29N5S. The second-order valence-electron chi connectivity index (χ2n) is 9.30. The summed E-state index contributed by atoms with van der Waals surface area (Å²) < 4.78 is 2.29. The number of anilines is 1. The van der Waals surface area contributed by atoms with Crippen LogP contribution in [0.5, 0.6) is 0 Å². The number of benzene rings is 3. The quantitative estimate of drug-likeness (QED) is 0.187. The second kappa shape index (κ2) is 10.4. The van der Waals surface area contributed by atoms with Crippen molar-refractivity contribution in [2.75, 3.05) is 18.4 Å². The molecule has 37 heavy (non-hydrogen) atoms. The van der Waals surface area contributed by atoms with E-state index >= 15 is 0 Å². The molecule has 0 spiro atoms. The van der Waals surface area contributed by atoms with Gasteiger partial charge in [0, 0.05) is 42.6 Å². The van der Waals surface area contributed by atoms with E-state index in [1.54, 1.807) is 0 Å². The van der Waals surface area contributed by atoms with E-state index in [2.05, 4.69) is 111 Å². The van der Waals surface area contributed by atoms with Crippen LogP contribution in [0, 0.1) is 0 Å². The molecule has 0 saturated carbocycles. The molecule has 2 aromatic heterocycles. The van der Waals surface area contributed by atoms with Gasteiger partial charge in [-0.15, -0.1) is 0 Å². The van der Waals surface area contributed by atoms with Crippen LogP contribution in [0.1, 0.15) is 29.9 Å². The number of hydrogen-bond acceptors (Lipinski definition) is 3. The predicted octanol–water partition coefficient (Wildman–Crippen LogP) is 6.50. The fourth-order valence-electron chi connectivity index (χ4n) is 5.20. The predicted molar refractivity (Wildman–Crippen MR) is 155 cm³/mol. The van der Waals surface area contributed by atoms with Crippen LogP contribution in [-0.4, -0.2) is 32.7 Å². The zero-order chi connectivity index (χ0) is 25.0. The summed E-state index contributed by atoms with van der Waals surface area (Å²) in [6.45, 7) is 1.71. The van der Waals surface area contributed by atoms with Crippen LogP contribution in [-0.2, 0) is 0 Å². The van der Waals surface area contributed by atoms with Gasteiger partial charge in [0.25, 0.3) is 0 Å². The lowest BCUT2D eigenvalue weighted by Gasteiger charge is -2.29. The van der Waals surface area contributed by atoms with E-state index in [0.717, 1.165) is 41.7 Å². The molecular weight excluding hydrogens is 474 g/mol. The van der Waals surface area contributed by atoms with Crippen LogP contribution in [0.4, 0.5) is 5.69 Å². The van der Waals surface area contributed by atoms with Crippen LogP contribution < -0.4 is 10.6 Å². The van der Waals surface area contributed by atoms with Gasteiger partial charge in [-0.25, -0.2) is 0 Å². The van der Waals surface area contributed by atoms with Crippen molar-refractivity contribution in [3.05, 3.63) is 127 Å². The van der Waals surface area contributed by atoms with Crippen molar-refractivity contribution in [1.82, 2.24) is 19.8 Å². The molecule has 6 rings (SSSR count). The van der Waals surface area contributed by atoms with E-state index in [1.807, 2.05) is 24.4 Å². The molecule has 2 atom stereocenters. The number of pyridine rings is 1. The first kappa shape index (κ1) is 23.3. The van der Waals surface area contributed by atoms with Gasteiger partial charge in [-0.1, -0.05) is 54.6 Å². The minimum atomic E-state index is -0.0371. The number of aromatic nitrogens is 2. The molecule has 2 N–H and O–H groups in total. The maximum absolute atomic E-state index is 5.89.